The number of benzene rings is 3. The van der Waals surface area contributed by atoms with Gasteiger partial charge in [-0.05, 0) is 72.1 Å². The van der Waals surface area contributed by atoms with Crippen molar-refractivity contribution in [3.05, 3.63) is 131 Å². The van der Waals surface area contributed by atoms with Gasteiger partial charge in [0.25, 0.3) is 11.7 Å². The van der Waals surface area contributed by atoms with Gasteiger partial charge in [-0.1, -0.05) is 42.0 Å². The van der Waals surface area contributed by atoms with Gasteiger partial charge >= 0.3 is 0 Å². The molecule has 7 nitrogen and oxygen atoms in total. The van der Waals surface area contributed by atoms with E-state index in [0.29, 0.717) is 23.5 Å². The minimum atomic E-state index is -0.882. The number of aliphatic hydroxyl groups is 1. The topological polar surface area (TPSA) is 100.0 Å². The fourth-order valence-corrected chi connectivity index (χ4v) is 4.60. The summed E-state index contributed by atoms with van der Waals surface area (Å²) in [4.78, 5) is 31.8. The summed E-state index contributed by atoms with van der Waals surface area (Å²) in [6.07, 6.45) is 3.22. The van der Waals surface area contributed by atoms with Crippen LogP contribution in [-0.2, 0) is 22.7 Å². The summed E-state index contributed by atoms with van der Waals surface area (Å²) in [6.45, 7) is 2.55. The molecule has 190 valence electrons. The summed E-state index contributed by atoms with van der Waals surface area (Å²) < 4.78 is 5.87. The minimum absolute atomic E-state index is 0.00731. The van der Waals surface area contributed by atoms with Gasteiger partial charge in [-0.15, -0.1) is 0 Å². The van der Waals surface area contributed by atoms with E-state index in [1.54, 1.807) is 60.9 Å². The van der Waals surface area contributed by atoms with E-state index in [1.165, 1.54) is 17.0 Å². The van der Waals surface area contributed by atoms with E-state index in [4.69, 9.17) is 4.74 Å². The molecule has 0 bridgehead atoms. The third kappa shape index (κ3) is 5.13. The summed E-state index contributed by atoms with van der Waals surface area (Å²) in [7, 11) is 0. The van der Waals surface area contributed by atoms with Gasteiger partial charge in [0, 0.05) is 24.5 Å². The van der Waals surface area contributed by atoms with Crippen LogP contribution in [0.2, 0.25) is 0 Å². The molecule has 1 unspecified atom stereocenters. The van der Waals surface area contributed by atoms with Crippen LogP contribution < -0.4 is 4.74 Å². The number of rotatable bonds is 7. The zero-order valence-corrected chi connectivity index (χ0v) is 20.7. The standard InChI is InChI=1S/C31H26N2O5/c1-20-4-2-5-22(16-20)19-38-26-10-8-23(9-11-26)29(35)27-28(24-6-3-7-25(34)17-24)33(31(37)30(27)36)18-21-12-14-32-15-13-21/h2-17,28,34-35H,18-19H2,1H3/b29-27+. The number of ketones is 1. The summed E-state index contributed by atoms with van der Waals surface area (Å²) >= 11 is 0. The number of pyridine rings is 1. The van der Waals surface area contributed by atoms with Gasteiger partial charge in [-0.2, -0.15) is 0 Å². The molecule has 1 aliphatic rings. The number of carbonyl (C=O) groups is 2. The summed E-state index contributed by atoms with van der Waals surface area (Å²) in [5, 5.41) is 21.4. The van der Waals surface area contributed by atoms with Crippen LogP contribution >= 0.6 is 0 Å². The molecular weight excluding hydrogens is 480 g/mol. The molecule has 7 heteroatoms. The minimum Gasteiger partial charge on any atom is -0.508 e. The number of aryl methyl sites for hydroxylation is 1. The Bertz CT molecular complexity index is 1510. The number of hydrogen-bond acceptors (Lipinski definition) is 6. The van der Waals surface area contributed by atoms with Crippen molar-refractivity contribution in [2.24, 2.45) is 0 Å². The number of aliphatic hydroxyl groups excluding tert-OH is 1. The van der Waals surface area contributed by atoms with E-state index in [1.807, 2.05) is 31.2 Å². The Kier molecular flexibility index (Phi) is 6.91. The van der Waals surface area contributed by atoms with Gasteiger partial charge < -0.3 is 19.8 Å². The molecule has 0 saturated carbocycles. The molecule has 1 amide bonds. The molecule has 1 saturated heterocycles. The number of amides is 1. The second-order valence-electron chi connectivity index (χ2n) is 9.18. The van der Waals surface area contributed by atoms with Crippen molar-refractivity contribution in [2.45, 2.75) is 26.1 Å². The number of ether oxygens (including phenoxy) is 1. The van der Waals surface area contributed by atoms with Crippen LogP contribution in [0.1, 0.15) is 33.9 Å². The van der Waals surface area contributed by atoms with Gasteiger partial charge in [0.05, 0.1) is 11.6 Å². The van der Waals surface area contributed by atoms with E-state index >= 15 is 0 Å². The van der Waals surface area contributed by atoms with Crippen molar-refractivity contribution in [2.75, 3.05) is 0 Å². The molecule has 1 aromatic heterocycles. The van der Waals surface area contributed by atoms with Crippen molar-refractivity contribution in [3.8, 4) is 11.5 Å². The maximum Gasteiger partial charge on any atom is 0.295 e. The highest BCUT2D eigenvalue weighted by Crippen LogP contribution is 2.41. The third-order valence-electron chi connectivity index (χ3n) is 6.44. The van der Waals surface area contributed by atoms with Gasteiger partial charge in [0.15, 0.2) is 0 Å². The molecular formula is C31H26N2O5. The van der Waals surface area contributed by atoms with E-state index < -0.39 is 17.7 Å². The highest BCUT2D eigenvalue weighted by Gasteiger charge is 2.46. The van der Waals surface area contributed by atoms with Gasteiger partial charge in [0.1, 0.15) is 23.9 Å². The van der Waals surface area contributed by atoms with Crippen LogP contribution in [-0.4, -0.2) is 31.8 Å². The Balaban J connectivity index is 1.47. The van der Waals surface area contributed by atoms with Crippen LogP contribution in [0, 0.1) is 6.92 Å². The lowest BCUT2D eigenvalue weighted by atomic mass is 9.95. The van der Waals surface area contributed by atoms with E-state index in [9.17, 15) is 19.8 Å². The Hall–Kier alpha value is -4.91. The second kappa shape index (κ2) is 10.6. The number of aromatic hydroxyl groups is 1. The number of hydrogen-bond donors (Lipinski definition) is 2. The van der Waals surface area contributed by atoms with Crippen LogP contribution in [0.5, 0.6) is 11.5 Å². The molecule has 0 aliphatic carbocycles. The molecule has 1 atom stereocenters. The van der Waals surface area contributed by atoms with Gasteiger partial charge in [-0.25, -0.2) is 0 Å². The van der Waals surface area contributed by atoms with Crippen molar-refractivity contribution >= 4 is 17.4 Å². The average molecular weight is 507 g/mol. The molecule has 1 aliphatic heterocycles. The number of phenolic OH excluding ortho intramolecular Hbond substituents is 1. The zero-order valence-electron chi connectivity index (χ0n) is 20.7. The Labute approximate surface area is 220 Å². The molecule has 4 aromatic rings. The van der Waals surface area contributed by atoms with Crippen molar-refractivity contribution in [1.82, 2.24) is 9.88 Å². The first-order valence-electron chi connectivity index (χ1n) is 12.2. The van der Waals surface area contributed by atoms with Crippen LogP contribution in [0.25, 0.3) is 5.76 Å². The number of phenols is 1. The molecule has 2 heterocycles. The fourth-order valence-electron chi connectivity index (χ4n) is 4.60. The van der Waals surface area contributed by atoms with Gasteiger partial charge in [0.2, 0.25) is 0 Å². The number of carbonyl (C=O) groups excluding carboxylic acids is 2. The predicted octanol–water partition coefficient (Wildman–Crippen LogP) is 5.30. The Morgan fingerprint density at radius 1 is 0.921 bits per heavy atom. The fraction of sp³-hybridized carbons (Fsp3) is 0.129. The molecule has 1 fully saturated rings. The average Bonchev–Trinajstić information content (AvgIpc) is 3.17. The maximum atomic E-state index is 13.2. The Morgan fingerprint density at radius 3 is 2.37 bits per heavy atom. The quantitative estimate of drug-likeness (QED) is 0.201. The number of Topliss-reactive ketones (excluding diaryl/α,β-unsaturated/α-hetero) is 1. The second-order valence-corrected chi connectivity index (χ2v) is 9.18. The van der Waals surface area contributed by atoms with Crippen LogP contribution in [0.15, 0.2) is 103 Å². The van der Waals surface area contributed by atoms with Crippen molar-refractivity contribution < 1.29 is 24.5 Å². The zero-order chi connectivity index (χ0) is 26.6. The molecule has 0 spiro atoms. The van der Waals surface area contributed by atoms with E-state index in [2.05, 4.69) is 4.98 Å². The highest BCUT2D eigenvalue weighted by molar-refractivity contribution is 6.46. The number of aromatic nitrogens is 1. The van der Waals surface area contributed by atoms with Gasteiger partial charge in [-0.3, -0.25) is 14.6 Å². The molecule has 3 aromatic carbocycles. The predicted molar refractivity (Wildman–Crippen MR) is 142 cm³/mol. The highest BCUT2D eigenvalue weighted by atomic mass is 16.5. The summed E-state index contributed by atoms with van der Waals surface area (Å²) in [5.74, 6) is -1.21. The lowest BCUT2D eigenvalue weighted by Gasteiger charge is -2.25. The Morgan fingerprint density at radius 2 is 1.66 bits per heavy atom. The van der Waals surface area contributed by atoms with E-state index in [-0.39, 0.29) is 23.6 Å². The first kappa shape index (κ1) is 24.8. The molecule has 5 rings (SSSR count). The molecule has 0 radical (unpaired) electrons. The SMILES string of the molecule is Cc1cccc(COc2ccc(/C(O)=C3\C(=O)C(=O)N(Cc4ccncc4)C3c3cccc(O)c3)cc2)c1. The lowest BCUT2D eigenvalue weighted by molar-refractivity contribution is -0.140. The normalized spacial score (nSPS) is 16.6. The molecule has 2 N–H and O–H groups in total. The van der Waals surface area contributed by atoms with Crippen LogP contribution in [0.4, 0.5) is 0 Å². The largest absolute Gasteiger partial charge is 0.508 e. The maximum absolute atomic E-state index is 13.2. The summed E-state index contributed by atoms with van der Waals surface area (Å²) in [6, 6.07) is 23.7. The molecule has 38 heavy (non-hydrogen) atoms. The summed E-state index contributed by atoms with van der Waals surface area (Å²) in [5.41, 5.74) is 3.81. The lowest BCUT2D eigenvalue weighted by Crippen LogP contribution is -2.29. The van der Waals surface area contributed by atoms with Crippen molar-refractivity contribution in [3.63, 3.8) is 0 Å². The first-order chi connectivity index (χ1) is 18.4. The third-order valence-corrected chi connectivity index (χ3v) is 6.44. The smallest absolute Gasteiger partial charge is 0.295 e. The van der Waals surface area contributed by atoms with Crippen molar-refractivity contribution in [1.29, 1.82) is 0 Å². The van der Waals surface area contributed by atoms with Crippen LogP contribution in [0.3, 0.4) is 0 Å². The monoisotopic (exact) mass is 506 g/mol. The van der Waals surface area contributed by atoms with E-state index in [0.717, 1.165) is 16.7 Å². The number of likely N-dealkylation sites (tertiary alicyclic amines) is 1. The first-order valence-corrected chi connectivity index (χ1v) is 12.2. The number of nitrogens with zero attached hydrogens (tertiary/aromatic N) is 2.